The third-order valence-electron chi connectivity index (χ3n) is 1.11. The van der Waals surface area contributed by atoms with E-state index in [-0.39, 0.29) is 12.4 Å². The molecule has 0 amide bonds. The van der Waals surface area contributed by atoms with Crippen molar-refractivity contribution in [2.75, 3.05) is 13.7 Å². The molecule has 0 fully saturated rings. The Hall–Kier alpha value is -0.410. The summed E-state index contributed by atoms with van der Waals surface area (Å²) in [7, 11) is 1.54. The molecule has 0 aliphatic carbocycles. The van der Waals surface area contributed by atoms with Crippen LogP contribution >= 0.6 is 0 Å². The van der Waals surface area contributed by atoms with Crippen LogP contribution in [-0.4, -0.2) is 25.3 Å². The van der Waals surface area contributed by atoms with Crippen LogP contribution in [0.3, 0.4) is 0 Å². The van der Waals surface area contributed by atoms with Crippen molar-refractivity contribution < 1.29 is 14.3 Å². The molecule has 0 saturated carbocycles. The first-order chi connectivity index (χ1) is 4.48. The second-order valence-corrected chi connectivity index (χ2v) is 2.59. The minimum absolute atomic E-state index is 0.00475. The normalized spacial score (nSPS) is 11.6. The molecule has 0 unspecified atom stereocenters. The van der Waals surface area contributed by atoms with Gasteiger partial charge in [0.2, 0.25) is 0 Å². The van der Waals surface area contributed by atoms with Crippen LogP contribution in [0.5, 0.6) is 0 Å². The van der Waals surface area contributed by atoms with Crippen LogP contribution in [0.2, 0.25) is 0 Å². The highest BCUT2D eigenvalue weighted by molar-refractivity contribution is 5.76. The molecule has 0 aliphatic rings. The lowest BCUT2D eigenvalue weighted by Crippen LogP contribution is -2.28. The SMILES string of the molecule is COC(C)(C)OCC(C)=O. The van der Waals surface area contributed by atoms with Gasteiger partial charge in [-0.25, -0.2) is 0 Å². The summed E-state index contributed by atoms with van der Waals surface area (Å²) in [6.07, 6.45) is 0. The molecule has 0 spiro atoms. The second-order valence-electron chi connectivity index (χ2n) is 2.59. The third-order valence-corrected chi connectivity index (χ3v) is 1.11. The van der Waals surface area contributed by atoms with Crippen molar-refractivity contribution >= 4 is 5.78 Å². The predicted molar refractivity (Wildman–Crippen MR) is 37.7 cm³/mol. The Bertz CT molecular complexity index is 118. The molecule has 0 aromatic carbocycles. The van der Waals surface area contributed by atoms with E-state index < -0.39 is 5.79 Å². The molecule has 0 bridgehead atoms. The van der Waals surface area contributed by atoms with Gasteiger partial charge in [-0.1, -0.05) is 0 Å². The standard InChI is InChI=1S/C7H14O3/c1-6(8)5-10-7(2,3)9-4/h5H2,1-4H3. The molecule has 0 aromatic rings. The van der Waals surface area contributed by atoms with Crippen molar-refractivity contribution in [1.29, 1.82) is 0 Å². The van der Waals surface area contributed by atoms with Gasteiger partial charge in [-0.2, -0.15) is 0 Å². The first kappa shape index (κ1) is 9.59. The number of rotatable bonds is 4. The van der Waals surface area contributed by atoms with Gasteiger partial charge in [-0.3, -0.25) is 4.79 Å². The van der Waals surface area contributed by atoms with E-state index in [0.29, 0.717) is 0 Å². The molecular weight excluding hydrogens is 132 g/mol. The summed E-state index contributed by atoms with van der Waals surface area (Å²) in [5.74, 6) is -0.642. The number of hydrogen-bond donors (Lipinski definition) is 0. The van der Waals surface area contributed by atoms with Crippen LogP contribution in [0, 0.1) is 0 Å². The maximum absolute atomic E-state index is 10.4. The summed E-state index contributed by atoms with van der Waals surface area (Å²) < 4.78 is 9.98. The van der Waals surface area contributed by atoms with E-state index >= 15 is 0 Å². The van der Waals surface area contributed by atoms with Crippen molar-refractivity contribution in [3.8, 4) is 0 Å². The van der Waals surface area contributed by atoms with E-state index in [1.807, 2.05) is 0 Å². The van der Waals surface area contributed by atoms with Gasteiger partial charge in [0.25, 0.3) is 0 Å². The molecule has 3 heteroatoms. The van der Waals surface area contributed by atoms with E-state index in [2.05, 4.69) is 0 Å². The average Bonchev–Trinajstić information content (AvgIpc) is 1.85. The third kappa shape index (κ3) is 4.47. The Morgan fingerprint density at radius 2 is 2.00 bits per heavy atom. The second kappa shape index (κ2) is 3.68. The van der Waals surface area contributed by atoms with Gasteiger partial charge in [0.05, 0.1) is 0 Å². The number of carbonyl (C=O) groups excluding carboxylic acids is 1. The Morgan fingerprint density at radius 1 is 1.50 bits per heavy atom. The summed E-state index contributed by atoms with van der Waals surface area (Å²) in [6.45, 7) is 5.11. The summed E-state index contributed by atoms with van der Waals surface area (Å²) in [5.41, 5.74) is 0. The Labute approximate surface area is 61.3 Å². The summed E-state index contributed by atoms with van der Waals surface area (Å²) in [6, 6.07) is 0. The molecule has 0 heterocycles. The average molecular weight is 146 g/mol. The summed E-state index contributed by atoms with van der Waals surface area (Å²) in [4.78, 5) is 10.4. The number of ether oxygens (including phenoxy) is 2. The molecule has 0 aromatic heterocycles. The van der Waals surface area contributed by atoms with Gasteiger partial charge in [-0.05, 0) is 20.8 Å². The van der Waals surface area contributed by atoms with E-state index in [4.69, 9.17) is 9.47 Å². The topological polar surface area (TPSA) is 35.5 Å². The highest BCUT2D eigenvalue weighted by Crippen LogP contribution is 2.08. The lowest BCUT2D eigenvalue weighted by atomic mass is 10.4. The van der Waals surface area contributed by atoms with Gasteiger partial charge in [0.1, 0.15) is 6.61 Å². The van der Waals surface area contributed by atoms with Gasteiger partial charge in [-0.15, -0.1) is 0 Å². The van der Waals surface area contributed by atoms with Gasteiger partial charge in [0, 0.05) is 7.11 Å². The molecule has 0 atom stereocenters. The zero-order chi connectivity index (χ0) is 8.20. The van der Waals surface area contributed by atoms with Gasteiger partial charge < -0.3 is 9.47 Å². The molecule has 60 valence electrons. The number of hydrogen-bond acceptors (Lipinski definition) is 3. The van der Waals surface area contributed by atoms with Crippen LogP contribution in [0.1, 0.15) is 20.8 Å². The summed E-state index contributed by atoms with van der Waals surface area (Å²) in [5, 5.41) is 0. The molecule has 3 nitrogen and oxygen atoms in total. The molecule has 0 rings (SSSR count). The van der Waals surface area contributed by atoms with E-state index in [9.17, 15) is 4.79 Å². The number of methoxy groups -OCH3 is 1. The monoisotopic (exact) mass is 146 g/mol. The van der Waals surface area contributed by atoms with Crippen molar-refractivity contribution in [3.63, 3.8) is 0 Å². The van der Waals surface area contributed by atoms with Crippen molar-refractivity contribution in [2.24, 2.45) is 0 Å². The Morgan fingerprint density at radius 3 is 2.30 bits per heavy atom. The van der Waals surface area contributed by atoms with Crippen molar-refractivity contribution in [1.82, 2.24) is 0 Å². The molecule has 0 radical (unpaired) electrons. The lowest BCUT2D eigenvalue weighted by molar-refractivity contribution is -0.197. The zero-order valence-electron chi connectivity index (χ0n) is 6.93. The largest absolute Gasteiger partial charge is 0.354 e. The van der Waals surface area contributed by atoms with Crippen LogP contribution in [-0.2, 0) is 14.3 Å². The number of Topliss-reactive ketones (excluding diaryl/α,β-unsaturated/α-hetero) is 1. The molecule has 0 aliphatic heterocycles. The smallest absolute Gasteiger partial charge is 0.162 e. The first-order valence-corrected chi connectivity index (χ1v) is 3.16. The molecule has 0 N–H and O–H groups in total. The minimum atomic E-state index is -0.647. The fraction of sp³-hybridized carbons (Fsp3) is 0.857. The zero-order valence-corrected chi connectivity index (χ0v) is 6.93. The molecular formula is C7H14O3. The van der Waals surface area contributed by atoms with Crippen LogP contribution in [0.4, 0.5) is 0 Å². The minimum Gasteiger partial charge on any atom is -0.354 e. The van der Waals surface area contributed by atoms with Crippen LogP contribution in [0.25, 0.3) is 0 Å². The quantitative estimate of drug-likeness (QED) is 0.554. The van der Waals surface area contributed by atoms with Crippen LogP contribution in [0.15, 0.2) is 0 Å². The number of ketones is 1. The van der Waals surface area contributed by atoms with Gasteiger partial charge in [0.15, 0.2) is 11.6 Å². The van der Waals surface area contributed by atoms with E-state index in [0.717, 1.165) is 0 Å². The van der Waals surface area contributed by atoms with Crippen LogP contribution < -0.4 is 0 Å². The maximum atomic E-state index is 10.4. The predicted octanol–water partition coefficient (Wildman–Crippen LogP) is 0.974. The van der Waals surface area contributed by atoms with Crippen molar-refractivity contribution in [2.45, 2.75) is 26.6 Å². The summed E-state index contributed by atoms with van der Waals surface area (Å²) >= 11 is 0. The molecule has 10 heavy (non-hydrogen) atoms. The Kier molecular flexibility index (Phi) is 3.53. The lowest BCUT2D eigenvalue weighted by Gasteiger charge is -2.22. The highest BCUT2D eigenvalue weighted by atomic mass is 16.7. The van der Waals surface area contributed by atoms with Gasteiger partial charge >= 0.3 is 0 Å². The van der Waals surface area contributed by atoms with Crippen molar-refractivity contribution in [3.05, 3.63) is 0 Å². The Balaban J connectivity index is 3.56. The maximum Gasteiger partial charge on any atom is 0.162 e. The van der Waals surface area contributed by atoms with E-state index in [1.165, 1.54) is 6.92 Å². The number of carbonyl (C=O) groups is 1. The first-order valence-electron chi connectivity index (χ1n) is 3.16. The van der Waals surface area contributed by atoms with E-state index in [1.54, 1.807) is 21.0 Å². The fourth-order valence-corrected chi connectivity index (χ4v) is 0.334. The molecule has 0 saturated heterocycles. The highest BCUT2D eigenvalue weighted by Gasteiger charge is 2.16. The fourth-order valence-electron chi connectivity index (χ4n) is 0.334.